The van der Waals surface area contributed by atoms with Crippen molar-refractivity contribution in [2.24, 2.45) is 0 Å². The summed E-state index contributed by atoms with van der Waals surface area (Å²) in [5, 5.41) is 16.5. The van der Waals surface area contributed by atoms with Crippen LogP contribution in [0.5, 0.6) is 0 Å². The van der Waals surface area contributed by atoms with Crippen molar-refractivity contribution in [1.29, 1.82) is 0 Å². The lowest BCUT2D eigenvalue weighted by atomic mass is 9.92. The van der Waals surface area contributed by atoms with Gasteiger partial charge in [0.2, 0.25) is 5.91 Å². The highest BCUT2D eigenvalue weighted by atomic mass is 16.3. The molecule has 0 unspecified atom stereocenters. The average molecular weight is 306 g/mol. The number of hydrogen-bond donors (Lipinski definition) is 2. The number of piperidine rings is 1. The van der Waals surface area contributed by atoms with E-state index in [2.05, 4.69) is 21.4 Å². The van der Waals surface area contributed by atoms with Crippen LogP contribution in [0.3, 0.4) is 0 Å². The largest absolute Gasteiger partial charge is 0.394 e. The molecule has 2 aliphatic rings. The highest BCUT2D eigenvalue weighted by Crippen LogP contribution is 2.29. The maximum absolute atomic E-state index is 12.1. The van der Waals surface area contributed by atoms with Gasteiger partial charge in [0.1, 0.15) is 0 Å². The zero-order valence-electron chi connectivity index (χ0n) is 13.2. The van der Waals surface area contributed by atoms with Gasteiger partial charge in [-0.15, -0.1) is 0 Å². The second-order valence-electron chi connectivity index (χ2n) is 6.47. The molecule has 6 nitrogen and oxygen atoms in total. The van der Waals surface area contributed by atoms with E-state index in [1.54, 1.807) is 0 Å². The van der Waals surface area contributed by atoms with Crippen LogP contribution < -0.4 is 5.32 Å². The van der Waals surface area contributed by atoms with Crippen molar-refractivity contribution in [3.8, 4) is 0 Å². The van der Waals surface area contributed by atoms with E-state index in [1.165, 1.54) is 5.69 Å². The Bertz CT molecular complexity index is 504. The molecular weight excluding hydrogens is 280 g/mol. The Balaban J connectivity index is 1.53. The minimum atomic E-state index is -0.0381. The zero-order valence-corrected chi connectivity index (χ0v) is 13.2. The number of aromatic nitrogens is 2. The molecule has 6 heteroatoms. The monoisotopic (exact) mass is 306 g/mol. The smallest absolute Gasteiger partial charge is 0.237 e. The zero-order chi connectivity index (χ0) is 15.5. The first-order chi connectivity index (χ1) is 10.7. The van der Waals surface area contributed by atoms with E-state index in [1.807, 2.05) is 17.8 Å². The highest BCUT2D eigenvalue weighted by Gasteiger charge is 2.31. The molecule has 2 fully saturated rings. The van der Waals surface area contributed by atoms with E-state index in [4.69, 9.17) is 5.11 Å². The van der Waals surface area contributed by atoms with Gasteiger partial charge in [0.15, 0.2) is 0 Å². The van der Waals surface area contributed by atoms with E-state index in [-0.39, 0.29) is 18.6 Å². The van der Waals surface area contributed by atoms with Gasteiger partial charge in [0, 0.05) is 23.9 Å². The second-order valence-corrected chi connectivity index (χ2v) is 6.47. The fraction of sp³-hybridized carbons (Fsp3) is 0.750. The number of aliphatic hydroxyl groups excluding tert-OH is 1. The molecule has 0 radical (unpaired) electrons. The van der Waals surface area contributed by atoms with Gasteiger partial charge in [-0.1, -0.05) is 0 Å². The van der Waals surface area contributed by atoms with Crippen molar-refractivity contribution in [3.05, 3.63) is 18.0 Å². The molecule has 1 aromatic rings. The first kappa shape index (κ1) is 15.5. The van der Waals surface area contributed by atoms with Crippen molar-refractivity contribution < 1.29 is 9.90 Å². The van der Waals surface area contributed by atoms with Gasteiger partial charge in [0.05, 0.1) is 19.2 Å². The van der Waals surface area contributed by atoms with Crippen molar-refractivity contribution in [3.63, 3.8) is 0 Å². The minimum absolute atomic E-state index is 0.0381. The molecule has 0 spiro atoms. The fourth-order valence-electron chi connectivity index (χ4n) is 3.27. The standard InChI is InChI=1S/C16H26N4O2/c1-12(16(22)18-14-2-3-14)19-8-5-13(6-9-19)15-4-7-17-20(15)10-11-21/h4,7,12-14,21H,2-3,5-6,8-11H2,1H3,(H,18,22)/t12-/m1/s1. The van der Waals surface area contributed by atoms with Crippen LogP contribution in [0, 0.1) is 0 Å². The summed E-state index contributed by atoms with van der Waals surface area (Å²) in [6.07, 6.45) is 6.16. The number of likely N-dealkylation sites (tertiary alicyclic amines) is 1. The Hall–Kier alpha value is -1.40. The van der Waals surface area contributed by atoms with Crippen LogP contribution in [0.1, 0.15) is 44.2 Å². The van der Waals surface area contributed by atoms with Gasteiger partial charge in [-0.25, -0.2) is 0 Å². The van der Waals surface area contributed by atoms with E-state index in [0.717, 1.165) is 38.8 Å². The first-order valence-corrected chi connectivity index (χ1v) is 8.36. The Morgan fingerprint density at radius 3 is 2.77 bits per heavy atom. The van der Waals surface area contributed by atoms with Crippen molar-refractivity contribution in [2.45, 2.75) is 57.2 Å². The number of nitrogens with zero attached hydrogens (tertiary/aromatic N) is 3. The fourth-order valence-corrected chi connectivity index (χ4v) is 3.27. The number of hydrogen-bond acceptors (Lipinski definition) is 4. The maximum Gasteiger partial charge on any atom is 0.237 e. The highest BCUT2D eigenvalue weighted by molar-refractivity contribution is 5.81. The lowest BCUT2D eigenvalue weighted by Gasteiger charge is -2.35. The number of carbonyl (C=O) groups is 1. The lowest BCUT2D eigenvalue weighted by molar-refractivity contribution is -0.126. The second kappa shape index (κ2) is 6.79. The normalized spacial score (nSPS) is 21.7. The summed E-state index contributed by atoms with van der Waals surface area (Å²) >= 11 is 0. The summed E-state index contributed by atoms with van der Waals surface area (Å²) in [7, 11) is 0. The molecule has 0 bridgehead atoms. The van der Waals surface area contributed by atoms with Crippen LogP contribution in [0.4, 0.5) is 0 Å². The SMILES string of the molecule is C[C@H](C(=O)NC1CC1)N1CCC(c2ccnn2CCO)CC1. The molecule has 1 aliphatic heterocycles. The molecule has 1 saturated carbocycles. The number of aliphatic hydroxyl groups is 1. The summed E-state index contributed by atoms with van der Waals surface area (Å²) in [6, 6.07) is 2.45. The quantitative estimate of drug-likeness (QED) is 0.812. The van der Waals surface area contributed by atoms with Crippen molar-refractivity contribution in [1.82, 2.24) is 20.0 Å². The van der Waals surface area contributed by atoms with Crippen LogP contribution in [0.25, 0.3) is 0 Å². The number of nitrogens with one attached hydrogen (secondary N) is 1. The van der Waals surface area contributed by atoms with E-state index in [9.17, 15) is 4.79 Å². The summed E-state index contributed by atoms with van der Waals surface area (Å²) in [5.74, 6) is 0.648. The number of carbonyl (C=O) groups excluding carboxylic acids is 1. The molecule has 1 aromatic heterocycles. The van der Waals surface area contributed by atoms with Gasteiger partial charge < -0.3 is 10.4 Å². The van der Waals surface area contributed by atoms with Crippen LogP contribution in [-0.4, -0.2) is 57.5 Å². The third-order valence-electron chi connectivity index (χ3n) is 4.86. The van der Waals surface area contributed by atoms with Crippen LogP contribution in [0.15, 0.2) is 12.3 Å². The Kier molecular flexibility index (Phi) is 4.78. The molecule has 1 aliphatic carbocycles. The molecule has 1 atom stereocenters. The molecule has 3 rings (SSSR count). The van der Waals surface area contributed by atoms with E-state index >= 15 is 0 Å². The van der Waals surface area contributed by atoms with Gasteiger partial charge >= 0.3 is 0 Å². The molecule has 0 aromatic carbocycles. The Morgan fingerprint density at radius 1 is 1.41 bits per heavy atom. The first-order valence-electron chi connectivity index (χ1n) is 8.36. The van der Waals surface area contributed by atoms with Crippen molar-refractivity contribution in [2.75, 3.05) is 19.7 Å². The molecule has 2 heterocycles. The topological polar surface area (TPSA) is 70.4 Å². The van der Waals surface area contributed by atoms with Gasteiger partial charge in [0.25, 0.3) is 0 Å². The van der Waals surface area contributed by atoms with E-state index in [0.29, 0.717) is 18.5 Å². The number of amides is 1. The molecule has 1 amide bonds. The molecule has 122 valence electrons. The lowest BCUT2D eigenvalue weighted by Crippen LogP contribution is -2.48. The van der Waals surface area contributed by atoms with Crippen molar-refractivity contribution >= 4 is 5.91 Å². The van der Waals surface area contributed by atoms with Crippen LogP contribution in [-0.2, 0) is 11.3 Å². The minimum Gasteiger partial charge on any atom is -0.394 e. The molecule has 22 heavy (non-hydrogen) atoms. The van der Waals surface area contributed by atoms with E-state index < -0.39 is 0 Å². The molecule has 1 saturated heterocycles. The summed E-state index contributed by atoms with van der Waals surface area (Å²) in [5.41, 5.74) is 1.21. The van der Waals surface area contributed by atoms with Crippen LogP contribution in [0.2, 0.25) is 0 Å². The predicted octanol–water partition coefficient (Wildman–Crippen LogP) is 0.722. The van der Waals surface area contributed by atoms with Gasteiger partial charge in [-0.05, 0) is 51.8 Å². The number of rotatable bonds is 6. The summed E-state index contributed by atoms with van der Waals surface area (Å²) < 4.78 is 1.91. The average Bonchev–Trinajstić information content (AvgIpc) is 3.23. The molecule has 2 N–H and O–H groups in total. The third kappa shape index (κ3) is 3.50. The third-order valence-corrected chi connectivity index (χ3v) is 4.86. The Morgan fingerprint density at radius 2 is 2.14 bits per heavy atom. The summed E-state index contributed by atoms with van der Waals surface area (Å²) in [6.45, 7) is 4.56. The molecular formula is C16H26N4O2. The summed E-state index contributed by atoms with van der Waals surface area (Å²) in [4.78, 5) is 14.4. The van der Waals surface area contributed by atoms with Gasteiger partial charge in [-0.2, -0.15) is 5.10 Å². The van der Waals surface area contributed by atoms with Crippen LogP contribution >= 0.6 is 0 Å². The van der Waals surface area contributed by atoms with Gasteiger partial charge in [-0.3, -0.25) is 14.4 Å². The predicted molar refractivity (Wildman–Crippen MR) is 83.5 cm³/mol. The maximum atomic E-state index is 12.1. The Labute approximate surface area is 131 Å².